The fourth-order valence-corrected chi connectivity index (χ4v) is 3.05. The fourth-order valence-electron chi connectivity index (χ4n) is 2.08. The largest absolute Gasteiger partial charge is 0.287 e. The van der Waals surface area contributed by atoms with E-state index in [2.05, 4.69) is 11.6 Å². The minimum Gasteiger partial charge on any atom is -0.287 e. The van der Waals surface area contributed by atoms with Gasteiger partial charge in [-0.2, -0.15) is 0 Å². The lowest BCUT2D eigenvalue weighted by Gasteiger charge is -2.11. The van der Waals surface area contributed by atoms with E-state index >= 15 is 0 Å². The van der Waals surface area contributed by atoms with Crippen LogP contribution in [0.25, 0.3) is 10.2 Å². The summed E-state index contributed by atoms with van der Waals surface area (Å²) in [4.78, 5) is 17.8. The highest BCUT2D eigenvalue weighted by Crippen LogP contribution is 2.33. The molecule has 0 saturated carbocycles. The molecule has 1 amide bonds. The number of carbonyl (C=O) groups is 1. The van der Waals surface area contributed by atoms with Gasteiger partial charge in [0.15, 0.2) is 5.13 Å². The lowest BCUT2D eigenvalue weighted by molar-refractivity contribution is -0.117. The van der Waals surface area contributed by atoms with Crippen LogP contribution < -0.4 is 4.90 Å². The summed E-state index contributed by atoms with van der Waals surface area (Å²) >= 11 is 1.41. The van der Waals surface area contributed by atoms with Gasteiger partial charge in [0.25, 0.3) is 0 Å². The van der Waals surface area contributed by atoms with Gasteiger partial charge in [-0.05, 0) is 12.1 Å². The van der Waals surface area contributed by atoms with Gasteiger partial charge in [0.05, 0.1) is 10.2 Å². The Hall–Kier alpha value is -1.75. The van der Waals surface area contributed by atoms with Gasteiger partial charge in [-0.3, -0.25) is 9.69 Å². The lowest BCUT2D eigenvalue weighted by Crippen LogP contribution is -2.23. The van der Waals surface area contributed by atoms with E-state index in [1.807, 2.05) is 0 Å². The number of halogens is 1. The molecule has 1 aromatic heterocycles. The van der Waals surface area contributed by atoms with Crippen molar-refractivity contribution >= 4 is 32.6 Å². The molecular formula is C13H11FN2OS. The molecule has 0 bridgehead atoms. The topological polar surface area (TPSA) is 33.2 Å². The van der Waals surface area contributed by atoms with Gasteiger partial charge in [0, 0.05) is 24.9 Å². The third kappa shape index (κ3) is 1.80. The number of carbonyl (C=O) groups excluding carboxylic acids is 1. The van der Waals surface area contributed by atoms with E-state index in [0.29, 0.717) is 23.6 Å². The molecule has 1 fully saturated rings. The number of aromatic nitrogens is 1. The number of hydrogen-bond acceptors (Lipinski definition) is 3. The van der Waals surface area contributed by atoms with Crippen molar-refractivity contribution in [1.29, 1.82) is 0 Å². The Balaban J connectivity index is 1.99. The maximum Gasteiger partial charge on any atom is 0.229 e. The summed E-state index contributed by atoms with van der Waals surface area (Å²) in [5, 5.41) is 0.643. The van der Waals surface area contributed by atoms with Gasteiger partial charge in [-0.25, -0.2) is 9.37 Å². The molecule has 1 aliphatic heterocycles. The number of fused-ring (bicyclic) bond motifs is 1. The number of thiazole rings is 1. The molecule has 0 spiro atoms. The third-order valence-electron chi connectivity index (χ3n) is 3.06. The highest BCUT2D eigenvalue weighted by Gasteiger charge is 2.30. The average molecular weight is 262 g/mol. The van der Waals surface area contributed by atoms with Crippen LogP contribution in [0.4, 0.5) is 9.52 Å². The van der Waals surface area contributed by atoms with Gasteiger partial charge < -0.3 is 0 Å². The van der Waals surface area contributed by atoms with Crippen LogP contribution in [0.1, 0.15) is 6.42 Å². The smallest absolute Gasteiger partial charge is 0.229 e. The molecule has 3 rings (SSSR count). The minimum absolute atomic E-state index is 0.0550. The van der Waals surface area contributed by atoms with Crippen LogP contribution in [0.5, 0.6) is 0 Å². The SMILES string of the molecule is C=CC1CC(=O)N(c2nc3cc(F)ccc3s2)C1. The summed E-state index contributed by atoms with van der Waals surface area (Å²) in [5.41, 5.74) is 0.602. The summed E-state index contributed by atoms with van der Waals surface area (Å²) in [5.74, 6) is -0.0725. The fraction of sp³-hybridized carbons (Fsp3) is 0.231. The van der Waals surface area contributed by atoms with E-state index < -0.39 is 0 Å². The van der Waals surface area contributed by atoms with Crippen molar-refractivity contribution in [3.63, 3.8) is 0 Å². The van der Waals surface area contributed by atoms with Crippen LogP contribution >= 0.6 is 11.3 Å². The van der Waals surface area contributed by atoms with Crippen molar-refractivity contribution in [1.82, 2.24) is 4.98 Å². The molecule has 1 unspecified atom stereocenters. The number of hydrogen-bond donors (Lipinski definition) is 0. The van der Waals surface area contributed by atoms with E-state index in [4.69, 9.17) is 0 Å². The molecule has 92 valence electrons. The van der Waals surface area contributed by atoms with Gasteiger partial charge in [0.2, 0.25) is 5.91 Å². The van der Waals surface area contributed by atoms with Crippen molar-refractivity contribution in [2.45, 2.75) is 6.42 Å². The summed E-state index contributed by atoms with van der Waals surface area (Å²) in [6, 6.07) is 4.49. The molecule has 18 heavy (non-hydrogen) atoms. The van der Waals surface area contributed by atoms with Crippen LogP contribution in [-0.4, -0.2) is 17.4 Å². The van der Waals surface area contributed by atoms with Crippen LogP contribution in [-0.2, 0) is 4.79 Å². The summed E-state index contributed by atoms with van der Waals surface area (Å²) in [6.07, 6.45) is 2.28. The van der Waals surface area contributed by atoms with Crippen LogP contribution in [0, 0.1) is 11.7 Å². The average Bonchev–Trinajstić information content (AvgIpc) is 2.91. The molecule has 1 aromatic carbocycles. The molecule has 3 nitrogen and oxygen atoms in total. The molecular weight excluding hydrogens is 251 g/mol. The first-order valence-corrected chi connectivity index (χ1v) is 6.48. The molecule has 0 N–H and O–H groups in total. The molecule has 1 atom stereocenters. The minimum atomic E-state index is -0.309. The number of benzene rings is 1. The number of anilines is 1. The Morgan fingerprint density at radius 3 is 3.11 bits per heavy atom. The molecule has 0 radical (unpaired) electrons. The summed E-state index contributed by atoms with van der Waals surface area (Å²) < 4.78 is 14.0. The zero-order valence-corrected chi connectivity index (χ0v) is 10.4. The first-order valence-electron chi connectivity index (χ1n) is 5.66. The van der Waals surface area contributed by atoms with Crippen LogP contribution in [0.15, 0.2) is 30.9 Å². The zero-order chi connectivity index (χ0) is 12.7. The standard InChI is InChI=1S/C13H11FN2OS/c1-2-8-5-12(17)16(7-8)13-15-10-6-9(14)3-4-11(10)18-13/h2-4,6,8H,1,5,7H2. The zero-order valence-electron chi connectivity index (χ0n) is 9.60. The second-order valence-electron chi connectivity index (χ2n) is 4.31. The van der Waals surface area contributed by atoms with E-state index in [0.717, 1.165) is 4.70 Å². The first kappa shape index (κ1) is 11.3. The quantitative estimate of drug-likeness (QED) is 0.779. The van der Waals surface area contributed by atoms with Gasteiger partial charge >= 0.3 is 0 Å². The highest BCUT2D eigenvalue weighted by atomic mass is 32.1. The first-order chi connectivity index (χ1) is 8.67. The highest BCUT2D eigenvalue weighted by molar-refractivity contribution is 7.22. The third-order valence-corrected chi connectivity index (χ3v) is 4.12. The number of rotatable bonds is 2. The Kier molecular flexibility index (Phi) is 2.63. The molecule has 2 heterocycles. The van der Waals surface area contributed by atoms with E-state index in [9.17, 15) is 9.18 Å². The molecule has 0 aliphatic carbocycles. The molecule has 5 heteroatoms. The maximum atomic E-state index is 13.1. The van der Waals surface area contributed by atoms with E-state index in [1.165, 1.54) is 23.5 Å². The van der Waals surface area contributed by atoms with Crippen LogP contribution in [0.2, 0.25) is 0 Å². The van der Waals surface area contributed by atoms with E-state index in [1.54, 1.807) is 17.0 Å². The lowest BCUT2D eigenvalue weighted by atomic mass is 10.1. The van der Waals surface area contributed by atoms with Gasteiger partial charge in [-0.15, -0.1) is 6.58 Å². The molecule has 2 aromatic rings. The summed E-state index contributed by atoms with van der Waals surface area (Å²) in [6.45, 7) is 4.33. The predicted molar refractivity (Wildman–Crippen MR) is 70.2 cm³/mol. The van der Waals surface area contributed by atoms with Crippen molar-refractivity contribution in [3.05, 3.63) is 36.7 Å². The summed E-state index contributed by atoms with van der Waals surface area (Å²) in [7, 11) is 0. The normalized spacial score (nSPS) is 19.7. The van der Waals surface area contributed by atoms with Crippen molar-refractivity contribution < 1.29 is 9.18 Å². The Bertz CT molecular complexity index is 637. The van der Waals surface area contributed by atoms with E-state index in [-0.39, 0.29) is 17.6 Å². The molecule has 1 aliphatic rings. The van der Waals surface area contributed by atoms with Crippen molar-refractivity contribution in [3.8, 4) is 0 Å². The second-order valence-corrected chi connectivity index (χ2v) is 5.32. The Labute approximate surface area is 108 Å². The Morgan fingerprint density at radius 1 is 1.56 bits per heavy atom. The van der Waals surface area contributed by atoms with Gasteiger partial charge in [-0.1, -0.05) is 17.4 Å². The van der Waals surface area contributed by atoms with Crippen molar-refractivity contribution in [2.75, 3.05) is 11.4 Å². The van der Waals surface area contributed by atoms with Crippen molar-refractivity contribution in [2.24, 2.45) is 5.92 Å². The Morgan fingerprint density at radius 2 is 2.39 bits per heavy atom. The van der Waals surface area contributed by atoms with Crippen LogP contribution in [0.3, 0.4) is 0 Å². The number of amides is 1. The van der Waals surface area contributed by atoms with Gasteiger partial charge in [0.1, 0.15) is 5.82 Å². The monoisotopic (exact) mass is 262 g/mol. The maximum absolute atomic E-state index is 13.1. The second kappa shape index (κ2) is 4.17. The molecule has 1 saturated heterocycles. The number of nitrogens with zero attached hydrogens (tertiary/aromatic N) is 2. The predicted octanol–water partition coefficient (Wildman–Crippen LogP) is 2.97.